The van der Waals surface area contributed by atoms with Gasteiger partial charge >= 0.3 is 0 Å². The van der Waals surface area contributed by atoms with Gasteiger partial charge in [-0.25, -0.2) is 0 Å². The summed E-state index contributed by atoms with van der Waals surface area (Å²) in [7, 11) is 0. The number of fused-ring (bicyclic) bond motifs is 1. The van der Waals surface area contributed by atoms with Gasteiger partial charge in [0.1, 0.15) is 0 Å². The largest absolute Gasteiger partial charge is 0.385 e. The number of anilines is 1. The average Bonchev–Trinajstić information content (AvgIpc) is 2.40. The number of aryl methyl sites for hydroxylation is 1. The van der Waals surface area contributed by atoms with E-state index in [-0.39, 0.29) is 0 Å². The number of aromatic nitrogens is 2. The Bertz CT molecular complexity index is 508. The minimum atomic E-state index is 0.862. The number of hydrogen-bond acceptors (Lipinski definition) is 3. The third-order valence-corrected chi connectivity index (χ3v) is 3.11. The third-order valence-electron chi connectivity index (χ3n) is 3.11. The van der Waals surface area contributed by atoms with E-state index in [0.717, 1.165) is 18.7 Å². The fourth-order valence-electron chi connectivity index (χ4n) is 2.27. The summed E-state index contributed by atoms with van der Waals surface area (Å²) in [4.78, 5) is 8.40. The predicted octanol–water partition coefficient (Wildman–Crippen LogP) is 2.43. The zero-order chi connectivity index (χ0) is 11.5. The van der Waals surface area contributed by atoms with Gasteiger partial charge in [0, 0.05) is 37.2 Å². The number of rotatable bonds is 2. The molecule has 1 aromatic carbocycles. The second kappa shape index (κ2) is 4.53. The van der Waals surface area contributed by atoms with E-state index in [0.29, 0.717) is 0 Å². The van der Waals surface area contributed by atoms with Crippen molar-refractivity contribution >= 4 is 5.69 Å². The highest BCUT2D eigenvalue weighted by Crippen LogP contribution is 2.23. The Morgan fingerprint density at radius 1 is 1.24 bits per heavy atom. The summed E-state index contributed by atoms with van der Waals surface area (Å²) in [5.41, 5.74) is 5.06. The molecule has 2 aromatic rings. The fourth-order valence-corrected chi connectivity index (χ4v) is 2.27. The van der Waals surface area contributed by atoms with E-state index in [1.165, 1.54) is 29.7 Å². The van der Waals surface area contributed by atoms with Crippen molar-refractivity contribution in [3.05, 3.63) is 53.6 Å². The second-order valence-electron chi connectivity index (χ2n) is 4.40. The van der Waals surface area contributed by atoms with Gasteiger partial charge in [-0.15, -0.1) is 0 Å². The molecule has 3 nitrogen and oxygen atoms in total. The van der Waals surface area contributed by atoms with Gasteiger partial charge in [-0.1, -0.05) is 12.1 Å². The van der Waals surface area contributed by atoms with Crippen molar-refractivity contribution in [3.8, 4) is 0 Å². The molecule has 0 fully saturated rings. The van der Waals surface area contributed by atoms with Crippen molar-refractivity contribution in [3.63, 3.8) is 0 Å². The molecule has 1 aromatic heterocycles. The molecular formula is C14H15N3. The van der Waals surface area contributed by atoms with E-state index >= 15 is 0 Å². The maximum absolute atomic E-state index is 4.31. The van der Waals surface area contributed by atoms with Crippen molar-refractivity contribution in [2.75, 3.05) is 11.9 Å². The molecule has 0 aliphatic carbocycles. The lowest BCUT2D eigenvalue weighted by atomic mass is 9.99. The van der Waals surface area contributed by atoms with Crippen molar-refractivity contribution in [1.29, 1.82) is 0 Å². The number of nitrogens with zero attached hydrogens (tertiary/aromatic N) is 2. The molecule has 17 heavy (non-hydrogen) atoms. The minimum absolute atomic E-state index is 0.862. The predicted molar refractivity (Wildman–Crippen MR) is 68.1 cm³/mol. The maximum Gasteiger partial charge on any atom is 0.0630 e. The van der Waals surface area contributed by atoms with Crippen LogP contribution < -0.4 is 5.32 Å². The molecule has 3 heteroatoms. The summed E-state index contributed by atoms with van der Waals surface area (Å²) in [5, 5.41) is 3.43. The van der Waals surface area contributed by atoms with Crippen LogP contribution in [0.1, 0.15) is 23.2 Å². The summed E-state index contributed by atoms with van der Waals surface area (Å²) in [6.07, 6.45) is 8.55. The van der Waals surface area contributed by atoms with Crippen molar-refractivity contribution in [2.45, 2.75) is 19.3 Å². The topological polar surface area (TPSA) is 37.8 Å². The highest BCUT2D eigenvalue weighted by molar-refractivity contribution is 5.54. The SMILES string of the molecule is c1cnc(Cc2ccc3c(c2)CCCN3)cn1. The van der Waals surface area contributed by atoms with Gasteiger partial charge in [0.25, 0.3) is 0 Å². The van der Waals surface area contributed by atoms with E-state index in [2.05, 4.69) is 33.5 Å². The Kier molecular flexibility index (Phi) is 2.74. The lowest BCUT2D eigenvalue weighted by Crippen LogP contribution is -2.11. The number of benzene rings is 1. The first-order valence-electron chi connectivity index (χ1n) is 6.02. The molecule has 1 N–H and O–H groups in total. The summed E-state index contributed by atoms with van der Waals surface area (Å²) >= 11 is 0. The first kappa shape index (κ1) is 10.3. The maximum atomic E-state index is 4.31. The Morgan fingerprint density at radius 2 is 2.24 bits per heavy atom. The Morgan fingerprint density at radius 3 is 3.12 bits per heavy atom. The zero-order valence-electron chi connectivity index (χ0n) is 9.69. The number of nitrogens with one attached hydrogen (secondary N) is 1. The van der Waals surface area contributed by atoms with Crippen molar-refractivity contribution in [1.82, 2.24) is 9.97 Å². The fraction of sp³-hybridized carbons (Fsp3) is 0.286. The van der Waals surface area contributed by atoms with Crippen LogP contribution in [0.2, 0.25) is 0 Å². The van der Waals surface area contributed by atoms with Crippen molar-refractivity contribution in [2.24, 2.45) is 0 Å². The van der Waals surface area contributed by atoms with Crippen LogP contribution in [-0.2, 0) is 12.8 Å². The molecule has 0 saturated heterocycles. The van der Waals surface area contributed by atoms with Crippen LogP contribution in [0.5, 0.6) is 0 Å². The highest BCUT2D eigenvalue weighted by Gasteiger charge is 2.08. The van der Waals surface area contributed by atoms with Gasteiger partial charge in [0.05, 0.1) is 5.69 Å². The highest BCUT2D eigenvalue weighted by atomic mass is 14.9. The smallest absolute Gasteiger partial charge is 0.0630 e. The standard InChI is InChI=1S/C14H15N3/c1-2-12-8-11(3-4-14(12)17-5-1)9-13-10-15-6-7-16-13/h3-4,6-8,10,17H,1-2,5,9H2. The first-order chi connectivity index (χ1) is 8.42. The van der Waals surface area contributed by atoms with E-state index < -0.39 is 0 Å². The molecule has 0 atom stereocenters. The summed E-state index contributed by atoms with van der Waals surface area (Å²) in [6, 6.07) is 6.64. The van der Waals surface area contributed by atoms with Crippen LogP contribution in [0.3, 0.4) is 0 Å². The molecule has 3 rings (SSSR count). The molecule has 0 spiro atoms. The Labute approximate surface area is 101 Å². The minimum Gasteiger partial charge on any atom is -0.385 e. The van der Waals surface area contributed by atoms with Gasteiger partial charge < -0.3 is 5.32 Å². The van der Waals surface area contributed by atoms with E-state index in [1.54, 1.807) is 12.4 Å². The van der Waals surface area contributed by atoms with Crippen LogP contribution >= 0.6 is 0 Å². The third kappa shape index (κ3) is 2.28. The second-order valence-corrected chi connectivity index (χ2v) is 4.40. The summed E-state index contributed by atoms with van der Waals surface area (Å²) in [5.74, 6) is 0. The molecular weight excluding hydrogens is 210 g/mol. The molecule has 86 valence electrons. The van der Waals surface area contributed by atoms with Crippen LogP contribution in [0, 0.1) is 0 Å². The van der Waals surface area contributed by atoms with Crippen LogP contribution in [0.15, 0.2) is 36.8 Å². The first-order valence-corrected chi connectivity index (χ1v) is 6.02. The van der Waals surface area contributed by atoms with E-state index in [1.807, 2.05) is 6.20 Å². The molecule has 0 unspecified atom stereocenters. The van der Waals surface area contributed by atoms with Crippen LogP contribution in [-0.4, -0.2) is 16.5 Å². The Balaban J connectivity index is 1.84. The Hall–Kier alpha value is -1.90. The van der Waals surface area contributed by atoms with E-state index in [4.69, 9.17) is 0 Å². The quantitative estimate of drug-likeness (QED) is 0.853. The van der Waals surface area contributed by atoms with Gasteiger partial charge in [0.15, 0.2) is 0 Å². The van der Waals surface area contributed by atoms with Crippen LogP contribution in [0.25, 0.3) is 0 Å². The molecule has 1 aliphatic heterocycles. The van der Waals surface area contributed by atoms with Gasteiger partial charge in [-0.2, -0.15) is 0 Å². The van der Waals surface area contributed by atoms with Crippen LogP contribution in [0.4, 0.5) is 5.69 Å². The number of hydrogen-bond donors (Lipinski definition) is 1. The zero-order valence-corrected chi connectivity index (χ0v) is 9.69. The molecule has 0 amide bonds. The van der Waals surface area contributed by atoms with Gasteiger partial charge in [0.2, 0.25) is 0 Å². The van der Waals surface area contributed by atoms with Gasteiger partial charge in [-0.05, 0) is 30.0 Å². The average molecular weight is 225 g/mol. The normalized spacial score (nSPS) is 13.9. The summed E-state index contributed by atoms with van der Waals surface area (Å²) < 4.78 is 0. The van der Waals surface area contributed by atoms with Gasteiger partial charge in [-0.3, -0.25) is 9.97 Å². The monoisotopic (exact) mass is 225 g/mol. The molecule has 1 aliphatic rings. The molecule has 0 bridgehead atoms. The van der Waals surface area contributed by atoms with Crippen molar-refractivity contribution < 1.29 is 0 Å². The van der Waals surface area contributed by atoms with E-state index in [9.17, 15) is 0 Å². The summed E-state index contributed by atoms with van der Waals surface area (Å²) in [6.45, 7) is 1.09. The molecule has 0 radical (unpaired) electrons. The molecule has 2 heterocycles. The lowest BCUT2D eigenvalue weighted by molar-refractivity contribution is 0.827. The lowest BCUT2D eigenvalue weighted by Gasteiger charge is -2.18. The molecule has 0 saturated carbocycles.